The van der Waals surface area contributed by atoms with Gasteiger partial charge in [-0.15, -0.1) is 0 Å². The van der Waals surface area contributed by atoms with Crippen LogP contribution in [0.25, 0.3) is 0 Å². The third-order valence-electron chi connectivity index (χ3n) is 7.12. The number of carbonyl (C=O) groups excluding carboxylic acids is 3. The quantitative estimate of drug-likeness (QED) is 0.351. The molecule has 0 spiro atoms. The lowest BCUT2D eigenvalue weighted by atomic mass is 9.98. The maximum Gasteiger partial charge on any atom is 0.246 e. The van der Waals surface area contributed by atoms with Gasteiger partial charge in [-0.3, -0.25) is 14.4 Å². The van der Waals surface area contributed by atoms with Gasteiger partial charge in [0.25, 0.3) is 0 Å². The number of aryl methyl sites for hydroxylation is 1. The minimum Gasteiger partial charge on any atom is -0.390 e. The number of halogens is 2. The predicted molar refractivity (Wildman–Crippen MR) is 148 cm³/mol. The second-order valence-corrected chi connectivity index (χ2v) is 10.6. The molecular weight excluding hydrogens is 518 g/mol. The minimum absolute atomic E-state index is 0.0420. The molecule has 1 heterocycles. The molecule has 2 aromatic rings. The van der Waals surface area contributed by atoms with Crippen LogP contribution in [0.4, 0.5) is 8.78 Å². The summed E-state index contributed by atoms with van der Waals surface area (Å²) in [6, 6.07) is 9.51. The van der Waals surface area contributed by atoms with Crippen LogP contribution >= 0.6 is 0 Å². The third-order valence-corrected chi connectivity index (χ3v) is 7.12. The van der Waals surface area contributed by atoms with Crippen LogP contribution in [0.3, 0.4) is 0 Å². The van der Waals surface area contributed by atoms with Crippen molar-refractivity contribution in [2.24, 2.45) is 5.92 Å². The van der Waals surface area contributed by atoms with Crippen molar-refractivity contribution in [2.45, 2.75) is 65.3 Å². The molecule has 0 radical (unpaired) electrons. The summed E-state index contributed by atoms with van der Waals surface area (Å²) in [6.07, 6.45) is -0.254. The third kappa shape index (κ3) is 8.32. The van der Waals surface area contributed by atoms with Crippen LogP contribution in [0.1, 0.15) is 44.4 Å². The average molecular weight is 559 g/mol. The van der Waals surface area contributed by atoms with Gasteiger partial charge in [-0.25, -0.2) is 8.78 Å². The van der Waals surface area contributed by atoms with E-state index in [1.165, 1.54) is 15.4 Å². The van der Waals surface area contributed by atoms with Crippen LogP contribution in [0.5, 0.6) is 0 Å². The highest BCUT2D eigenvalue weighted by molar-refractivity contribution is 5.97. The number of likely N-dealkylation sites (N-methyl/N-ethyl adjacent to an activating group) is 1. The Balaban J connectivity index is 1.70. The summed E-state index contributed by atoms with van der Waals surface area (Å²) in [6.45, 7) is 7.94. The van der Waals surface area contributed by atoms with E-state index < -0.39 is 35.7 Å². The maximum atomic E-state index is 13.9. The van der Waals surface area contributed by atoms with Crippen LogP contribution in [0, 0.1) is 17.6 Å². The summed E-state index contributed by atoms with van der Waals surface area (Å²) in [5, 5.41) is 16.9. The molecule has 0 saturated carbocycles. The molecule has 0 bridgehead atoms. The van der Waals surface area contributed by atoms with Crippen LogP contribution in [0.2, 0.25) is 0 Å². The van der Waals surface area contributed by atoms with E-state index in [1.807, 2.05) is 32.0 Å². The Morgan fingerprint density at radius 3 is 2.35 bits per heavy atom. The van der Waals surface area contributed by atoms with Crippen molar-refractivity contribution in [1.29, 1.82) is 0 Å². The molecule has 0 unspecified atom stereocenters. The van der Waals surface area contributed by atoms with Crippen LogP contribution < -0.4 is 10.6 Å². The second kappa shape index (κ2) is 14.3. The van der Waals surface area contributed by atoms with Crippen molar-refractivity contribution in [3.63, 3.8) is 0 Å². The highest BCUT2D eigenvalue weighted by atomic mass is 19.1. The molecule has 1 aliphatic rings. The first-order valence-corrected chi connectivity index (χ1v) is 13.8. The molecule has 40 heavy (non-hydrogen) atoms. The van der Waals surface area contributed by atoms with Gasteiger partial charge < -0.3 is 25.5 Å². The lowest BCUT2D eigenvalue weighted by Gasteiger charge is -2.41. The monoisotopic (exact) mass is 558 g/mol. The number of nitrogens with zero attached hydrogens (tertiary/aromatic N) is 2. The summed E-state index contributed by atoms with van der Waals surface area (Å²) in [7, 11) is 0. The van der Waals surface area contributed by atoms with Crippen molar-refractivity contribution in [3.05, 3.63) is 70.8 Å². The first-order chi connectivity index (χ1) is 19.0. The molecule has 3 atom stereocenters. The molecule has 8 nitrogen and oxygen atoms in total. The molecule has 0 aromatic heterocycles. The van der Waals surface area contributed by atoms with Crippen molar-refractivity contribution in [3.8, 4) is 0 Å². The topological polar surface area (TPSA) is 102 Å². The van der Waals surface area contributed by atoms with Gasteiger partial charge in [-0.2, -0.15) is 0 Å². The number of piperazine rings is 1. The van der Waals surface area contributed by atoms with E-state index in [0.29, 0.717) is 13.1 Å². The van der Waals surface area contributed by atoms with Gasteiger partial charge in [0.2, 0.25) is 17.7 Å². The number of aliphatic hydroxyl groups excluding tert-OH is 1. The van der Waals surface area contributed by atoms with Crippen LogP contribution in [-0.2, 0) is 33.8 Å². The molecule has 218 valence electrons. The van der Waals surface area contributed by atoms with Gasteiger partial charge in [0, 0.05) is 25.7 Å². The van der Waals surface area contributed by atoms with Gasteiger partial charge in [0.05, 0.1) is 12.1 Å². The predicted octanol–water partition coefficient (Wildman–Crippen LogP) is 2.42. The molecule has 3 amide bonds. The summed E-state index contributed by atoms with van der Waals surface area (Å²) >= 11 is 0. The number of benzene rings is 2. The van der Waals surface area contributed by atoms with E-state index in [4.69, 9.17) is 0 Å². The summed E-state index contributed by atoms with van der Waals surface area (Å²) in [5.41, 5.74) is 2.49. The summed E-state index contributed by atoms with van der Waals surface area (Å²) < 4.78 is 27.7. The zero-order valence-corrected chi connectivity index (χ0v) is 23.6. The van der Waals surface area contributed by atoms with Crippen molar-refractivity contribution >= 4 is 17.7 Å². The van der Waals surface area contributed by atoms with E-state index in [9.17, 15) is 28.3 Å². The van der Waals surface area contributed by atoms with Gasteiger partial charge in [0.1, 0.15) is 30.8 Å². The molecule has 3 N–H and O–H groups in total. The number of rotatable bonds is 13. The second-order valence-electron chi connectivity index (χ2n) is 10.6. The van der Waals surface area contributed by atoms with E-state index >= 15 is 0 Å². The molecule has 1 aliphatic heterocycles. The average Bonchev–Trinajstić information content (AvgIpc) is 2.89. The van der Waals surface area contributed by atoms with Gasteiger partial charge in [-0.1, -0.05) is 45.0 Å². The fourth-order valence-electron chi connectivity index (χ4n) is 5.12. The Kier molecular flexibility index (Phi) is 11.2. The first kappa shape index (κ1) is 31.2. The van der Waals surface area contributed by atoms with Crippen molar-refractivity contribution in [2.75, 3.05) is 26.2 Å². The summed E-state index contributed by atoms with van der Waals surface area (Å²) in [5.74, 6) is -2.79. The Morgan fingerprint density at radius 1 is 1.05 bits per heavy atom. The zero-order chi connectivity index (χ0) is 29.4. The van der Waals surface area contributed by atoms with Gasteiger partial charge in [-0.05, 0) is 54.5 Å². The molecule has 3 rings (SSSR count). The van der Waals surface area contributed by atoms with E-state index in [0.717, 1.165) is 30.2 Å². The van der Waals surface area contributed by atoms with E-state index in [1.54, 1.807) is 6.92 Å². The van der Waals surface area contributed by atoms with Crippen LogP contribution in [0.15, 0.2) is 42.5 Å². The fraction of sp³-hybridized carbons (Fsp3) is 0.500. The van der Waals surface area contributed by atoms with Gasteiger partial charge >= 0.3 is 0 Å². The smallest absolute Gasteiger partial charge is 0.246 e. The number of hydrogen-bond donors (Lipinski definition) is 3. The Bertz CT molecular complexity index is 1170. The van der Waals surface area contributed by atoms with Crippen LogP contribution in [-0.4, -0.2) is 77.0 Å². The lowest BCUT2D eigenvalue weighted by molar-refractivity contribution is -0.158. The SMILES string of the molecule is CCc1cccc(CNC[C@@H](O)[C@H](Cc2cc(F)cc(F)c2)NC(=O)CN2CC(=O)N(CC)[C@@H](C(C)C)C2=O)c1. The molecule has 1 fully saturated rings. The van der Waals surface area contributed by atoms with Gasteiger partial charge in [0.15, 0.2) is 0 Å². The Labute approximate surface area is 234 Å². The number of carbonyl (C=O) groups is 3. The van der Waals surface area contributed by atoms with E-state index in [2.05, 4.69) is 23.6 Å². The zero-order valence-electron chi connectivity index (χ0n) is 23.6. The Morgan fingerprint density at radius 2 is 1.73 bits per heavy atom. The number of amides is 3. The normalized spacial score (nSPS) is 17.4. The van der Waals surface area contributed by atoms with Crippen molar-refractivity contribution in [1.82, 2.24) is 20.4 Å². The van der Waals surface area contributed by atoms with Crippen molar-refractivity contribution < 1.29 is 28.3 Å². The minimum atomic E-state index is -1.11. The molecule has 2 aromatic carbocycles. The number of hydrogen-bond acceptors (Lipinski definition) is 5. The first-order valence-electron chi connectivity index (χ1n) is 13.8. The highest BCUT2D eigenvalue weighted by Gasteiger charge is 2.41. The Hall–Kier alpha value is -3.37. The fourth-order valence-corrected chi connectivity index (χ4v) is 5.12. The maximum absolute atomic E-state index is 13.9. The highest BCUT2D eigenvalue weighted by Crippen LogP contribution is 2.19. The summed E-state index contributed by atoms with van der Waals surface area (Å²) in [4.78, 5) is 41.6. The molecule has 0 aliphatic carbocycles. The number of nitrogens with one attached hydrogen (secondary N) is 2. The van der Waals surface area contributed by atoms with E-state index in [-0.39, 0.29) is 49.4 Å². The standard InChI is InChI=1S/C30H40F2N4O4/c1-5-20-8-7-9-21(10-20)15-33-16-26(37)25(13-22-11-23(31)14-24(32)12-22)34-27(38)17-35-18-28(39)36(6-2)29(19(3)4)30(35)40/h7-12,14,19,25-26,29,33,37H,5-6,13,15-18H2,1-4H3,(H,34,38)/t25-,26+,29-/m0/s1. The molecule has 10 heteroatoms. The molecular formula is C30H40F2N4O4. The molecule has 1 saturated heterocycles. The largest absolute Gasteiger partial charge is 0.390 e. The number of aliphatic hydroxyl groups is 1. The lowest BCUT2D eigenvalue weighted by Crippen LogP contribution is -2.63.